The second-order valence-electron chi connectivity index (χ2n) is 5.19. The smallest absolute Gasteiger partial charge is 0.0829 e. The molecule has 1 atom stereocenters. The van der Waals surface area contributed by atoms with Crippen LogP contribution in [0.2, 0.25) is 0 Å². The lowest BCUT2D eigenvalue weighted by Crippen LogP contribution is -2.60. The molecule has 1 N–H and O–H groups in total. The van der Waals surface area contributed by atoms with Crippen molar-refractivity contribution in [3.05, 3.63) is 0 Å². The minimum absolute atomic E-state index is 0.413. The summed E-state index contributed by atoms with van der Waals surface area (Å²) in [5.74, 6) is 0. The molecule has 0 amide bonds. The normalized spacial score (nSPS) is 27.4. The Bertz CT molecular complexity index is 221. The Kier molecular flexibility index (Phi) is 5.22. The lowest BCUT2D eigenvalue weighted by Gasteiger charge is -2.41. The van der Waals surface area contributed by atoms with Crippen LogP contribution in [-0.2, 0) is 4.74 Å². The van der Waals surface area contributed by atoms with Gasteiger partial charge < -0.3 is 10.1 Å². The van der Waals surface area contributed by atoms with Crippen LogP contribution in [0.25, 0.3) is 0 Å². The number of likely N-dealkylation sites (N-methyl/N-ethyl adjacent to an activating group) is 1. The summed E-state index contributed by atoms with van der Waals surface area (Å²) in [6.45, 7) is 13.4. The summed E-state index contributed by atoms with van der Waals surface area (Å²) < 4.78 is 5.90. The lowest BCUT2D eigenvalue weighted by atomic mass is 10.1. The highest BCUT2D eigenvalue weighted by molar-refractivity contribution is 4.86. The van der Waals surface area contributed by atoms with E-state index in [1.165, 1.54) is 13.0 Å². The predicted molar refractivity (Wildman–Crippen MR) is 70.4 cm³/mol. The molecule has 2 aliphatic heterocycles. The standard InChI is InChI=1S/C13H27N3O/c1-3-5-16(12-8-14-9-12)11-13-10-15(4-2)6-7-17-13/h12-14H,3-11H2,1-2H3. The van der Waals surface area contributed by atoms with Gasteiger partial charge in [-0.05, 0) is 19.5 Å². The van der Waals surface area contributed by atoms with Crippen LogP contribution in [0.1, 0.15) is 20.3 Å². The van der Waals surface area contributed by atoms with Crippen molar-refractivity contribution in [2.75, 3.05) is 52.4 Å². The fourth-order valence-electron chi connectivity index (χ4n) is 2.68. The van der Waals surface area contributed by atoms with E-state index in [9.17, 15) is 0 Å². The maximum Gasteiger partial charge on any atom is 0.0829 e. The first-order valence-corrected chi connectivity index (χ1v) is 7.12. The quantitative estimate of drug-likeness (QED) is 0.728. The number of morpholine rings is 1. The van der Waals surface area contributed by atoms with Gasteiger partial charge >= 0.3 is 0 Å². The number of hydrogen-bond donors (Lipinski definition) is 1. The Morgan fingerprint density at radius 1 is 1.35 bits per heavy atom. The summed E-state index contributed by atoms with van der Waals surface area (Å²) in [7, 11) is 0. The molecule has 4 heteroatoms. The summed E-state index contributed by atoms with van der Waals surface area (Å²) >= 11 is 0. The van der Waals surface area contributed by atoms with Crippen molar-refractivity contribution in [2.45, 2.75) is 32.4 Å². The molecule has 4 nitrogen and oxygen atoms in total. The first-order valence-electron chi connectivity index (χ1n) is 7.12. The number of nitrogens with one attached hydrogen (secondary N) is 1. The second kappa shape index (κ2) is 6.69. The molecule has 1 unspecified atom stereocenters. The van der Waals surface area contributed by atoms with Gasteiger partial charge in [-0.1, -0.05) is 13.8 Å². The van der Waals surface area contributed by atoms with E-state index in [4.69, 9.17) is 4.74 Å². The summed E-state index contributed by atoms with van der Waals surface area (Å²) in [6.07, 6.45) is 1.65. The first-order chi connectivity index (χ1) is 8.33. The molecule has 0 spiro atoms. The highest BCUT2D eigenvalue weighted by atomic mass is 16.5. The van der Waals surface area contributed by atoms with Crippen LogP contribution in [0.5, 0.6) is 0 Å². The van der Waals surface area contributed by atoms with Gasteiger partial charge in [-0.15, -0.1) is 0 Å². The molecule has 0 aromatic carbocycles. The summed E-state index contributed by atoms with van der Waals surface area (Å²) in [5, 5.41) is 3.36. The molecule has 0 radical (unpaired) electrons. The van der Waals surface area contributed by atoms with Crippen LogP contribution >= 0.6 is 0 Å². The topological polar surface area (TPSA) is 27.7 Å². The van der Waals surface area contributed by atoms with Gasteiger partial charge in [0.2, 0.25) is 0 Å². The summed E-state index contributed by atoms with van der Waals surface area (Å²) in [6, 6.07) is 0.746. The van der Waals surface area contributed by atoms with Crippen molar-refractivity contribution in [1.82, 2.24) is 15.1 Å². The van der Waals surface area contributed by atoms with Gasteiger partial charge in [0.15, 0.2) is 0 Å². The third-order valence-corrected chi connectivity index (χ3v) is 3.90. The molecule has 0 aliphatic carbocycles. The van der Waals surface area contributed by atoms with Gasteiger partial charge in [0.25, 0.3) is 0 Å². The first kappa shape index (κ1) is 13.3. The zero-order valence-electron chi connectivity index (χ0n) is 11.3. The third kappa shape index (κ3) is 3.65. The van der Waals surface area contributed by atoms with Crippen LogP contribution < -0.4 is 5.32 Å². The maximum absolute atomic E-state index is 5.90. The molecule has 2 rings (SSSR count). The monoisotopic (exact) mass is 241 g/mol. The van der Waals surface area contributed by atoms with Crippen LogP contribution in [0.3, 0.4) is 0 Å². The lowest BCUT2D eigenvalue weighted by molar-refractivity contribution is -0.0502. The number of nitrogens with zero attached hydrogens (tertiary/aromatic N) is 2. The number of rotatable bonds is 6. The fraction of sp³-hybridized carbons (Fsp3) is 1.00. The average molecular weight is 241 g/mol. The van der Waals surface area contributed by atoms with E-state index >= 15 is 0 Å². The van der Waals surface area contributed by atoms with E-state index in [0.717, 1.165) is 51.9 Å². The minimum atomic E-state index is 0.413. The van der Waals surface area contributed by atoms with Gasteiger partial charge in [-0.2, -0.15) is 0 Å². The summed E-state index contributed by atoms with van der Waals surface area (Å²) in [5.41, 5.74) is 0. The molecule has 100 valence electrons. The molecule has 0 saturated carbocycles. The predicted octanol–water partition coefficient (Wildman–Crippen LogP) is 0.391. The van der Waals surface area contributed by atoms with Crippen molar-refractivity contribution >= 4 is 0 Å². The average Bonchev–Trinajstić information content (AvgIpc) is 2.27. The zero-order chi connectivity index (χ0) is 12.1. The fourth-order valence-corrected chi connectivity index (χ4v) is 2.68. The molecule has 17 heavy (non-hydrogen) atoms. The Morgan fingerprint density at radius 3 is 2.76 bits per heavy atom. The van der Waals surface area contributed by atoms with Crippen molar-refractivity contribution in [3.63, 3.8) is 0 Å². The third-order valence-electron chi connectivity index (χ3n) is 3.90. The summed E-state index contributed by atoms with van der Waals surface area (Å²) in [4.78, 5) is 5.11. The largest absolute Gasteiger partial charge is 0.374 e. The number of ether oxygens (including phenoxy) is 1. The van der Waals surface area contributed by atoms with Crippen LogP contribution in [0.4, 0.5) is 0 Å². The van der Waals surface area contributed by atoms with E-state index in [1.54, 1.807) is 0 Å². The SMILES string of the molecule is CCCN(CC1CN(CC)CCO1)C1CNC1. The Hall–Kier alpha value is -0.160. The molecule has 2 heterocycles. The molecular formula is C13H27N3O. The Labute approximate surface area is 105 Å². The maximum atomic E-state index is 5.90. The highest BCUT2D eigenvalue weighted by Gasteiger charge is 2.28. The van der Waals surface area contributed by atoms with E-state index in [-0.39, 0.29) is 0 Å². The van der Waals surface area contributed by atoms with Crippen molar-refractivity contribution in [3.8, 4) is 0 Å². The Morgan fingerprint density at radius 2 is 2.18 bits per heavy atom. The van der Waals surface area contributed by atoms with Gasteiger partial charge in [0.05, 0.1) is 12.7 Å². The molecule has 2 saturated heterocycles. The molecule has 2 fully saturated rings. The van der Waals surface area contributed by atoms with Crippen molar-refractivity contribution in [2.24, 2.45) is 0 Å². The molecule has 0 bridgehead atoms. The van der Waals surface area contributed by atoms with Crippen LogP contribution in [0, 0.1) is 0 Å². The van der Waals surface area contributed by atoms with E-state index in [2.05, 4.69) is 29.0 Å². The van der Waals surface area contributed by atoms with Crippen molar-refractivity contribution in [1.29, 1.82) is 0 Å². The molecular weight excluding hydrogens is 214 g/mol. The Balaban J connectivity index is 1.79. The van der Waals surface area contributed by atoms with Crippen LogP contribution in [0.15, 0.2) is 0 Å². The molecule has 0 aromatic rings. The van der Waals surface area contributed by atoms with E-state index < -0.39 is 0 Å². The molecule has 0 aromatic heterocycles. The van der Waals surface area contributed by atoms with Crippen LogP contribution in [-0.4, -0.2) is 74.4 Å². The second-order valence-corrected chi connectivity index (χ2v) is 5.19. The van der Waals surface area contributed by atoms with Crippen molar-refractivity contribution < 1.29 is 4.74 Å². The van der Waals surface area contributed by atoms with E-state index in [1.807, 2.05) is 0 Å². The molecule has 2 aliphatic rings. The minimum Gasteiger partial charge on any atom is -0.374 e. The zero-order valence-corrected chi connectivity index (χ0v) is 11.3. The van der Waals surface area contributed by atoms with E-state index in [0.29, 0.717) is 6.10 Å². The van der Waals surface area contributed by atoms with Gasteiger partial charge in [-0.3, -0.25) is 9.80 Å². The van der Waals surface area contributed by atoms with Gasteiger partial charge in [0.1, 0.15) is 0 Å². The highest BCUT2D eigenvalue weighted by Crippen LogP contribution is 2.11. The van der Waals surface area contributed by atoms with Gasteiger partial charge in [-0.25, -0.2) is 0 Å². The number of hydrogen-bond acceptors (Lipinski definition) is 4. The van der Waals surface area contributed by atoms with Gasteiger partial charge in [0, 0.05) is 38.8 Å².